The molecular weight excluding hydrogens is 266 g/mol. The lowest BCUT2D eigenvalue weighted by Gasteiger charge is -2.15. The standard InChI is InChI=1S/C15H21N5O/c1-19(9-13-8-17-20(2)10-13)11-15(21)18-14-5-3-12(7-16)4-6-14/h3-6,8,10H,7,9,11,16H2,1-2H3,(H,18,21). The number of amides is 1. The summed E-state index contributed by atoms with van der Waals surface area (Å²) < 4.78 is 1.75. The maximum absolute atomic E-state index is 12.0. The van der Waals surface area contributed by atoms with Gasteiger partial charge in [-0.1, -0.05) is 12.1 Å². The molecule has 112 valence electrons. The Bertz CT molecular complexity index is 590. The van der Waals surface area contributed by atoms with Crippen molar-refractivity contribution in [3.8, 4) is 0 Å². The third-order valence-electron chi connectivity index (χ3n) is 3.10. The van der Waals surface area contributed by atoms with Crippen LogP contribution in [-0.4, -0.2) is 34.2 Å². The molecule has 0 fully saturated rings. The monoisotopic (exact) mass is 287 g/mol. The van der Waals surface area contributed by atoms with Crippen LogP contribution in [0.15, 0.2) is 36.7 Å². The van der Waals surface area contributed by atoms with Gasteiger partial charge in [-0.3, -0.25) is 14.4 Å². The lowest BCUT2D eigenvalue weighted by Crippen LogP contribution is -2.29. The maximum atomic E-state index is 12.0. The summed E-state index contributed by atoms with van der Waals surface area (Å²) in [6, 6.07) is 7.55. The lowest BCUT2D eigenvalue weighted by molar-refractivity contribution is -0.117. The van der Waals surface area contributed by atoms with Crippen LogP contribution in [0.5, 0.6) is 0 Å². The Kier molecular flexibility index (Phi) is 5.08. The molecule has 6 heteroatoms. The van der Waals surface area contributed by atoms with Gasteiger partial charge >= 0.3 is 0 Å². The van der Waals surface area contributed by atoms with E-state index in [9.17, 15) is 4.79 Å². The van der Waals surface area contributed by atoms with Gasteiger partial charge in [-0.05, 0) is 24.7 Å². The van der Waals surface area contributed by atoms with E-state index in [1.165, 1.54) is 0 Å². The van der Waals surface area contributed by atoms with Crippen molar-refractivity contribution >= 4 is 11.6 Å². The molecule has 0 aliphatic rings. The Balaban J connectivity index is 1.82. The minimum absolute atomic E-state index is 0.0399. The molecule has 2 aromatic rings. The van der Waals surface area contributed by atoms with Gasteiger partial charge in [0.1, 0.15) is 0 Å². The van der Waals surface area contributed by atoms with Crippen molar-refractivity contribution in [3.63, 3.8) is 0 Å². The minimum atomic E-state index is -0.0399. The highest BCUT2D eigenvalue weighted by Gasteiger charge is 2.08. The summed E-state index contributed by atoms with van der Waals surface area (Å²) in [5.74, 6) is -0.0399. The lowest BCUT2D eigenvalue weighted by atomic mass is 10.2. The molecule has 6 nitrogen and oxygen atoms in total. The quantitative estimate of drug-likeness (QED) is 0.829. The first-order valence-electron chi connectivity index (χ1n) is 6.82. The molecule has 0 spiro atoms. The second-order valence-corrected chi connectivity index (χ2v) is 5.14. The summed E-state index contributed by atoms with van der Waals surface area (Å²) in [6.07, 6.45) is 3.75. The van der Waals surface area contributed by atoms with Crippen LogP contribution in [0.3, 0.4) is 0 Å². The molecule has 0 saturated heterocycles. The number of carbonyl (C=O) groups excluding carboxylic acids is 1. The second-order valence-electron chi connectivity index (χ2n) is 5.14. The van der Waals surface area contributed by atoms with Gasteiger partial charge in [0.05, 0.1) is 12.7 Å². The first-order chi connectivity index (χ1) is 10.1. The van der Waals surface area contributed by atoms with Gasteiger partial charge in [0, 0.05) is 37.6 Å². The van der Waals surface area contributed by atoms with Gasteiger partial charge in [-0.2, -0.15) is 5.10 Å². The largest absolute Gasteiger partial charge is 0.326 e. The predicted octanol–water partition coefficient (Wildman–Crippen LogP) is 0.949. The van der Waals surface area contributed by atoms with Crippen LogP contribution >= 0.6 is 0 Å². The summed E-state index contributed by atoms with van der Waals surface area (Å²) >= 11 is 0. The van der Waals surface area contributed by atoms with E-state index < -0.39 is 0 Å². The van der Waals surface area contributed by atoms with Crippen LogP contribution < -0.4 is 11.1 Å². The molecule has 0 atom stereocenters. The van der Waals surface area contributed by atoms with Crippen LogP contribution in [0.2, 0.25) is 0 Å². The summed E-state index contributed by atoms with van der Waals surface area (Å²) in [5, 5.41) is 6.98. The van der Waals surface area contributed by atoms with Crippen LogP contribution in [0.25, 0.3) is 0 Å². The average molecular weight is 287 g/mol. The normalized spacial score (nSPS) is 10.9. The van der Waals surface area contributed by atoms with E-state index in [4.69, 9.17) is 5.73 Å². The molecule has 1 heterocycles. The molecule has 1 aromatic heterocycles. The fourth-order valence-electron chi connectivity index (χ4n) is 2.09. The van der Waals surface area contributed by atoms with E-state index in [2.05, 4.69) is 10.4 Å². The third-order valence-corrected chi connectivity index (χ3v) is 3.10. The Morgan fingerprint density at radius 1 is 1.33 bits per heavy atom. The number of carbonyl (C=O) groups is 1. The first kappa shape index (κ1) is 15.2. The zero-order valence-corrected chi connectivity index (χ0v) is 12.4. The zero-order valence-electron chi connectivity index (χ0n) is 12.4. The number of hydrogen-bond donors (Lipinski definition) is 2. The van der Waals surface area contributed by atoms with Gasteiger partial charge in [-0.15, -0.1) is 0 Å². The minimum Gasteiger partial charge on any atom is -0.326 e. The molecule has 0 bridgehead atoms. The van der Waals surface area contributed by atoms with Crippen molar-refractivity contribution in [1.29, 1.82) is 0 Å². The molecule has 0 aliphatic carbocycles. The Morgan fingerprint density at radius 3 is 2.62 bits per heavy atom. The van der Waals surface area contributed by atoms with Gasteiger partial charge in [0.2, 0.25) is 5.91 Å². The average Bonchev–Trinajstić information content (AvgIpc) is 2.84. The number of anilines is 1. The fourth-order valence-corrected chi connectivity index (χ4v) is 2.09. The van der Waals surface area contributed by atoms with E-state index in [0.29, 0.717) is 19.6 Å². The number of aryl methyl sites for hydroxylation is 1. The zero-order chi connectivity index (χ0) is 15.2. The molecule has 0 unspecified atom stereocenters. The van der Waals surface area contributed by atoms with Crippen molar-refractivity contribution in [2.75, 3.05) is 18.9 Å². The molecule has 0 radical (unpaired) electrons. The summed E-state index contributed by atoms with van der Waals surface area (Å²) in [6.45, 7) is 1.52. The number of benzene rings is 1. The number of rotatable bonds is 6. The highest BCUT2D eigenvalue weighted by molar-refractivity contribution is 5.92. The number of likely N-dealkylation sites (N-methyl/N-ethyl adjacent to an activating group) is 1. The van der Waals surface area contributed by atoms with E-state index in [1.807, 2.05) is 49.5 Å². The number of nitrogens with two attached hydrogens (primary N) is 1. The molecule has 1 aromatic carbocycles. The molecule has 2 rings (SSSR count). The summed E-state index contributed by atoms with van der Waals surface area (Å²) in [7, 11) is 3.78. The summed E-state index contributed by atoms with van der Waals surface area (Å²) in [4.78, 5) is 13.9. The predicted molar refractivity (Wildman–Crippen MR) is 82.5 cm³/mol. The topological polar surface area (TPSA) is 76.2 Å². The van der Waals surface area contributed by atoms with Crippen LogP contribution in [-0.2, 0) is 24.9 Å². The Morgan fingerprint density at radius 2 is 2.05 bits per heavy atom. The van der Waals surface area contributed by atoms with E-state index in [1.54, 1.807) is 10.9 Å². The molecule has 0 aliphatic heterocycles. The first-order valence-corrected chi connectivity index (χ1v) is 6.82. The number of aromatic nitrogens is 2. The summed E-state index contributed by atoms with van der Waals surface area (Å²) in [5.41, 5.74) is 8.45. The van der Waals surface area contributed by atoms with Crippen molar-refractivity contribution in [3.05, 3.63) is 47.8 Å². The van der Waals surface area contributed by atoms with Crippen molar-refractivity contribution in [1.82, 2.24) is 14.7 Å². The highest BCUT2D eigenvalue weighted by atomic mass is 16.2. The van der Waals surface area contributed by atoms with Gasteiger partial charge in [0.15, 0.2) is 0 Å². The number of nitrogens with one attached hydrogen (secondary N) is 1. The van der Waals surface area contributed by atoms with Crippen molar-refractivity contribution < 1.29 is 4.79 Å². The smallest absolute Gasteiger partial charge is 0.238 e. The van der Waals surface area contributed by atoms with Gasteiger partial charge in [-0.25, -0.2) is 0 Å². The molecule has 1 amide bonds. The van der Waals surface area contributed by atoms with E-state index in [0.717, 1.165) is 16.8 Å². The van der Waals surface area contributed by atoms with Crippen molar-refractivity contribution in [2.24, 2.45) is 12.8 Å². The third kappa shape index (κ3) is 4.70. The molecule has 3 N–H and O–H groups in total. The Hall–Kier alpha value is -2.18. The van der Waals surface area contributed by atoms with Gasteiger partial charge < -0.3 is 11.1 Å². The SMILES string of the molecule is CN(CC(=O)Nc1ccc(CN)cc1)Cc1cnn(C)c1. The fraction of sp³-hybridized carbons (Fsp3) is 0.333. The van der Waals surface area contributed by atoms with Crippen LogP contribution in [0.1, 0.15) is 11.1 Å². The van der Waals surface area contributed by atoms with Crippen molar-refractivity contribution in [2.45, 2.75) is 13.1 Å². The van der Waals surface area contributed by atoms with E-state index in [-0.39, 0.29) is 5.91 Å². The number of hydrogen-bond acceptors (Lipinski definition) is 4. The van der Waals surface area contributed by atoms with Crippen LogP contribution in [0.4, 0.5) is 5.69 Å². The molecule has 0 saturated carbocycles. The second kappa shape index (κ2) is 7.01. The highest BCUT2D eigenvalue weighted by Crippen LogP contribution is 2.09. The van der Waals surface area contributed by atoms with Crippen LogP contribution in [0, 0.1) is 0 Å². The van der Waals surface area contributed by atoms with E-state index >= 15 is 0 Å². The molecular formula is C15H21N5O. The van der Waals surface area contributed by atoms with Gasteiger partial charge in [0.25, 0.3) is 0 Å². The number of nitrogens with zero attached hydrogens (tertiary/aromatic N) is 3. The molecule has 21 heavy (non-hydrogen) atoms. The Labute approximate surface area is 124 Å². The maximum Gasteiger partial charge on any atom is 0.238 e.